The zero-order chi connectivity index (χ0) is 14.2. The van der Waals surface area contributed by atoms with E-state index < -0.39 is 10.0 Å². The Balaban J connectivity index is 2.90. The lowest BCUT2D eigenvalue weighted by Crippen LogP contribution is -2.19. The highest BCUT2D eigenvalue weighted by Crippen LogP contribution is 2.27. The number of nitrogens with zero attached hydrogens (tertiary/aromatic N) is 2. The molecule has 104 valence electrons. The number of fused-ring (bicyclic) bond motifs is 1. The number of pyridine rings is 1. The summed E-state index contributed by atoms with van der Waals surface area (Å²) in [6.45, 7) is 3.91. The Kier molecular flexibility index (Phi) is 3.51. The first kappa shape index (κ1) is 13.8. The van der Waals surface area contributed by atoms with Gasteiger partial charge in [-0.15, -0.1) is 0 Å². The number of hydrogen-bond donors (Lipinski definition) is 1. The van der Waals surface area contributed by atoms with Crippen LogP contribution in [-0.4, -0.2) is 32.0 Å². The number of imidazole rings is 1. The summed E-state index contributed by atoms with van der Waals surface area (Å²) < 4.78 is 33.4. The number of nitrogens with one attached hydrogen (secondary N) is 1. The van der Waals surface area contributed by atoms with Crippen LogP contribution < -0.4 is 9.46 Å². The van der Waals surface area contributed by atoms with Gasteiger partial charge in [-0.3, -0.25) is 4.40 Å². The van der Waals surface area contributed by atoms with Crippen molar-refractivity contribution in [1.29, 1.82) is 0 Å². The summed E-state index contributed by atoms with van der Waals surface area (Å²) >= 11 is 0. The molecule has 0 unspecified atom stereocenters. The summed E-state index contributed by atoms with van der Waals surface area (Å²) in [5.41, 5.74) is 0.511. The number of rotatable bonds is 4. The fraction of sp³-hybridized carbons (Fsp3) is 0.417. The maximum Gasteiger partial charge on any atom is 0.259 e. The van der Waals surface area contributed by atoms with Gasteiger partial charge in [-0.1, -0.05) is 19.9 Å². The van der Waals surface area contributed by atoms with Gasteiger partial charge in [0.15, 0.2) is 10.9 Å². The van der Waals surface area contributed by atoms with E-state index in [0.29, 0.717) is 17.2 Å². The molecule has 0 amide bonds. The quantitative estimate of drug-likeness (QED) is 0.920. The molecule has 2 aromatic heterocycles. The van der Waals surface area contributed by atoms with Gasteiger partial charge in [-0.05, 0) is 19.2 Å². The van der Waals surface area contributed by atoms with Gasteiger partial charge in [-0.25, -0.2) is 18.1 Å². The van der Waals surface area contributed by atoms with Gasteiger partial charge >= 0.3 is 0 Å². The minimum Gasteiger partial charge on any atom is -0.482 e. The molecule has 0 atom stereocenters. The monoisotopic (exact) mass is 283 g/mol. The smallest absolute Gasteiger partial charge is 0.259 e. The first-order chi connectivity index (χ1) is 8.92. The third kappa shape index (κ3) is 2.19. The first-order valence-electron chi connectivity index (χ1n) is 5.91. The van der Waals surface area contributed by atoms with Crippen molar-refractivity contribution < 1.29 is 13.2 Å². The second kappa shape index (κ2) is 4.82. The van der Waals surface area contributed by atoms with E-state index in [1.807, 2.05) is 13.8 Å². The Morgan fingerprint density at radius 3 is 2.58 bits per heavy atom. The SMILES string of the molecule is CNS(=O)(=O)c1nc(C(C)C)n2c(OC)cccc12. The molecule has 0 saturated heterocycles. The minimum absolute atomic E-state index is 0.0256. The van der Waals surface area contributed by atoms with E-state index in [9.17, 15) is 8.42 Å². The molecule has 6 nitrogen and oxygen atoms in total. The van der Waals surface area contributed by atoms with Crippen molar-refractivity contribution in [2.75, 3.05) is 14.2 Å². The molecule has 0 bridgehead atoms. The molecule has 0 radical (unpaired) electrons. The Morgan fingerprint density at radius 1 is 1.37 bits per heavy atom. The van der Waals surface area contributed by atoms with Crippen LogP contribution >= 0.6 is 0 Å². The second-order valence-electron chi connectivity index (χ2n) is 4.43. The van der Waals surface area contributed by atoms with Crippen LogP contribution in [0.2, 0.25) is 0 Å². The zero-order valence-electron chi connectivity index (χ0n) is 11.3. The molecule has 7 heteroatoms. The standard InChI is InChI=1S/C12H17N3O3S/c1-8(2)11-14-12(19(16,17)13-3)9-6-5-7-10(18-4)15(9)11/h5-8,13H,1-4H3. The summed E-state index contributed by atoms with van der Waals surface area (Å²) in [5.74, 6) is 1.29. The van der Waals surface area contributed by atoms with Crippen LogP contribution in [0.3, 0.4) is 0 Å². The van der Waals surface area contributed by atoms with E-state index in [1.165, 1.54) is 7.05 Å². The molecule has 0 spiro atoms. The van der Waals surface area contributed by atoms with E-state index in [-0.39, 0.29) is 10.9 Å². The number of methoxy groups -OCH3 is 1. The Hall–Kier alpha value is -1.60. The molecule has 0 aromatic carbocycles. The topological polar surface area (TPSA) is 72.7 Å². The van der Waals surface area contributed by atoms with Gasteiger partial charge in [0.25, 0.3) is 10.0 Å². The van der Waals surface area contributed by atoms with Gasteiger partial charge in [-0.2, -0.15) is 0 Å². The first-order valence-corrected chi connectivity index (χ1v) is 7.39. The summed E-state index contributed by atoms with van der Waals surface area (Å²) in [7, 11) is -0.682. The van der Waals surface area contributed by atoms with Crippen molar-refractivity contribution in [3.8, 4) is 5.88 Å². The molecule has 2 heterocycles. The Labute approximate surface area is 112 Å². The predicted octanol–water partition coefficient (Wildman–Crippen LogP) is 1.37. The van der Waals surface area contributed by atoms with Crippen molar-refractivity contribution in [2.24, 2.45) is 0 Å². The maximum absolute atomic E-state index is 12.0. The van der Waals surface area contributed by atoms with Gasteiger partial charge in [0.2, 0.25) is 0 Å². The molecular weight excluding hydrogens is 266 g/mol. The summed E-state index contributed by atoms with van der Waals surface area (Å²) in [4.78, 5) is 4.27. The van der Waals surface area contributed by atoms with Gasteiger partial charge in [0.1, 0.15) is 5.82 Å². The second-order valence-corrected chi connectivity index (χ2v) is 6.23. The van der Waals surface area contributed by atoms with Crippen LogP contribution in [-0.2, 0) is 10.0 Å². The maximum atomic E-state index is 12.0. The molecule has 0 saturated carbocycles. The lowest BCUT2D eigenvalue weighted by Gasteiger charge is -2.08. The molecule has 2 aromatic rings. The van der Waals surface area contributed by atoms with Crippen molar-refractivity contribution in [1.82, 2.24) is 14.1 Å². The Morgan fingerprint density at radius 2 is 2.05 bits per heavy atom. The fourth-order valence-corrected chi connectivity index (χ4v) is 2.79. The van der Waals surface area contributed by atoms with Crippen molar-refractivity contribution >= 4 is 15.5 Å². The van der Waals surface area contributed by atoms with Gasteiger partial charge in [0.05, 0.1) is 12.6 Å². The summed E-state index contributed by atoms with van der Waals surface area (Å²) in [5, 5.41) is 0.0256. The highest BCUT2D eigenvalue weighted by molar-refractivity contribution is 7.89. The van der Waals surface area contributed by atoms with E-state index in [0.717, 1.165) is 0 Å². The molecule has 19 heavy (non-hydrogen) atoms. The average molecular weight is 283 g/mol. The van der Waals surface area contributed by atoms with Crippen LogP contribution in [0.25, 0.3) is 5.52 Å². The summed E-state index contributed by atoms with van der Waals surface area (Å²) in [6.07, 6.45) is 0. The third-order valence-electron chi connectivity index (χ3n) is 2.87. The summed E-state index contributed by atoms with van der Waals surface area (Å²) in [6, 6.07) is 5.23. The minimum atomic E-state index is -3.60. The normalized spacial score (nSPS) is 12.3. The van der Waals surface area contributed by atoms with E-state index in [1.54, 1.807) is 29.7 Å². The van der Waals surface area contributed by atoms with Crippen molar-refractivity contribution in [2.45, 2.75) is 24.8 Å². The van der Waals surface area contributed by atoms with E-state index in [4.69, 9.17) is 4.74 Å². The van der Waals surface area contributed by atoms with Gasteiger partial charge < -0.3 is 4.74 Å². The number of sulfonamides is 1. The average Bonchev–Trinajstić information content (AvgIpc) is 2.79. The lowest BCUT2D eigenvalue weighted by molar-refractivity contribution is 0.389. The number of hydrogen-bond acceptors (Lipinski definition) is 4. The fourth-order valence-electron chi connectivity index (χ4n) is 1.94. The molecule has 0 aliphatic carbocycles. The zero-order valence-corrected chi connectivity index (χ0v) is 12.2. The number of ether oxygens (including phenoxy) is 1. The van der Waals surface area contributed by atoms with Crippen LogP contribution in [0, 0.1) is 0 Å². The van der Waals surface area contributed by atoms with Crippen molar-refractivity contribution in [3.05, 3.63) is 24.0 Å². The highest BCUT2D eigenvalue weighted by Gasteiger charge is 2.24. The molecular formula is C12H17N3O3S. The van der Waals surface area contributed by atoms with Crippen molar-refractivity contribution in [3.63, 3.8) is 0 Å². The molecule has 0 fully saturated rings. The molecule has 2 rings (SSSR count). The molecule has 0 aliphatic heterocycles. The third-order valence-corrected chi connectivity index (χ3v) is 4.21. The largest absolute Gasteiger partial charge is 0.482 e. The van der Waals surface area contributed by atoms with E-state index >= 15 is 0 Å². The lowest BCUT2D eigenvalue weighted by atomic mass is 10.2. The van der Waals surface area contributed by atoms with Crippen LogP contribution in [0.4, 0.5) is 0 Å². The highest BCUT2D eigenvalue weighted by atomic mass is 32.2. The van der Waals surface area contributed by atoms with Gasteiger partial charge in [0, 0.05) is 5.92 Å². The van der Waals surface area contributed by atoms with Crippen LogP contribution in [0.15, 0.2) is 23.2 Å². The Bertz CT molecular complexity index is 704. The number of aromatic nitrogens is 2. The predicted molar refractivity (Wildman–Crippen MR) is 72.1 cm³/mol. The van der Waals surface area contributed by atoms with Crippen LogP contribution in [0.5, 0.6) is 5.88 Å². The molecule has 0 aliphatic rings. The van der Waals surface area contributed by atoms with E-state index in [2.05, 4.69) is 9.71 Å². The molecule has 1 N–H and O–H groups in total. The van der Waals surface area contributed by atoms with Crippen LogP contribution in [0.1, 0.15) is 25.6 Å².